The molecule has 0 aliphatic heterocycles. The molecule has 0 saturated heterocycles. The number of hydrogen-bond acceptors (Lipinski definition) is 3. The molecule has 0 spiro atoms. The molecule has 0 aliphatic rings. The van der Waals surface area contributed by atoms with Crippen molar-refractivity contribution in [3.05, 3.63) is 66.7 Å². The highest BCUT2D eigenvalue weighted by molar-refractivity contribution is 7.82. The quantitative estimate of drug-likeness (QED) is 0.723. The Kier molecular flexibility index (Phi) is 3.75. The summed E-state index contributed by atoms with van der Waals surface area (Å²) in [6.07, 6.45) is 0. The Morgan fingerprint density at radius 3 is 2.43 bits per heavy atom. The van der Waals surface area contributed by atoms with E-state index < -0.39 is 11.3 Å². The molecule has 0 aromatic heterocycles. The lowest BCUT2D eigenvalue weighted by Gasteiger charge is -2.10. The highest BCUT2D eigenvalue weighted by Crippen LogP contribution is 2.32. The minimum Gasteiger partial charge on any atom is -0.505 e. The molecular formula is C16H13NO3S. The molecule has 0 saturated carbocycles. The van der Waals surface area contributed by atoms with Crippen LogP contribution in [0.3, 0.4) is 0 Å². The van der Waals surface area contributed by atoms with Crippen LogP contribution < -0.4 is 8.91 Å². The second-order valence-electron chi connectivity index (χ2n) is 4.42. The van der Waals surface area contributed by atoms with Crippen LogP contribution in [0.5, 0.6) is 11.5 Å². The molecule has 0 fully saturated rings. The van der Waals surface area contributed by atoms with Gasteiger partial charge in [-0.15, -0.1) is 0 Å². The molecule has 0 amide bonds. The summed E-state index contributed by atoms with van der Waals surface area (Å²) in [6, 6.07) is 19.8. The smallest absolute Gasteiger partial charge is 0.316 e. The highest BCUT2D eigenvalue weighted by atomic mass is 32.2. The molecule has 4 nitrogen and oxygen atoms in total. The van der Waals surface area contributed by atoms with E-state index in [4.69, 9.17) is 4.18 Å². The summed E-state index contributed by atoms with van der Waals surface area (Å²) in [5, 5.41) is 11.8. The number of phenolic OH excluding ortho intramolecular Hbond substituents is 1. The Morgan fingerprint density at radius 1 is 0.905 bits per heavy atom. The monoisotopic (exact) mass is 299 g/mol. The Balaban J connectivity index is 1.82. The van der Waals surface area contributed by atoms with E-state index in [1.165, 1.54) is 0 Å². The fourth-order valence-corrected chi connectivity index (χ4v) is 2.68. The number of benzene rings is 3. The first-order valence-electron chi connectivity index (χ1n) is 6.36. The molecule has 3 aromatic rings. The number of para-hydroxylation sites is 1. The van der Waals surface area contributed by atoms with Gasteiger partial charge in [-0.2, -0.15) is 4.21 Å². The average Bonchev–Trinajstić information content (AvgIpc) is 2.51. The number of fused-ring (bicyclic) bond motifs is 1. The SMILES string of the molecule is O=S(Nc1ccc2ccccc2c1O)Oc1ccccc1. The third-order valence-electron chi connectivity index (χ3n) is 3.01. The van der Waals surface area contributed by atoms with Gasteiger partial charge < -0.3 is 9.29 Å². The van der Waals surface area contributed by atoms with Gasteiger partial charge in [-0.25, -0.2) is 0 Å². The van der Waals surface area contributed by atoms with E-state index in [-0.39, 0.29) is 5.75 Å². The summed E-state index contributed by atoms with van der Waals surface area (Å²) in [6.45, 7) is 0. The summed E-state index contributed by atoms with van der Waals surface area (Å²) in [4.78, 5) is 0. The molecule has 106 valence electrons. The van der Waals surface area contributed by atoms with Crippen molar-refractivity contribution < 1.29 is 13.5 Å². The minimum absolute atomic E-state index is 0.0538. The van der Waals surface area contributed by atoms with Crippen LogP contribution in [0.1, 0.15) is 0 Å². The van der Waals surface area contributed by atoms with E-state index in [0.29, 0.717) is 16.8 Å². The van der Waals surface area contributed by atoms with Crippen LogP contribution in [0.2, 0.25) is 0 Å². The van der Waals surface area contributed by atoms with Gasteiger partial charge in [0.05, 0.1) is 5.69 Å². The maximum atomic E-state index is 11.9. The van der Waals surface area contributed by atoms with Crippen molar-refractivity contribution in [1.29, 1.82) is 0 Å². The first-order valence-corrected chi connectivity index (χ1v) is 7.44. The molecule has 1 atom stereocenters. The van der Waals surface area contributed by atoms with E-state index in [2.05, 4.69) is 4.72 Å². The number of nitrogens with one attached hydrogen (secondary N) is 1. The summed E-state index contributed by atoms with van der Waals surface area (Å²) in [7, 11) is 0. The van der Waals surface area contributed by atoms with Crippen LogP contribution in [0, 0.1) is 0 Å². The van der Waals surface area contributed by atoms with Crippen molar-refractivity contribution in [2.24, 2.45) is 0 Å². The standard InChI is InChI=1S/C16H13NO3S/c18-16-14-9-5-4-6-12(14)10-11-15(16)17-21(19)20-13-7-2-1-3-8-13/h1-11,17-18H. The summed E-state index contributed by atoms with van der Waals surface area (Å²) in [5.74, 6) is 0.543. The molecule has 0 bridgehead atoms. The van der Waals surface area contributed by atoms with Crippen molar-refractivity contribution in [3.63, 3.8) is 0 Å². The van der Waals surface area contributed by atoms with Crippen molar-refractivity contribution in [2.75, 3.05) is 4.72 Å². The normalized spacial score (nSPS) is 12.0. The molecule has 21 heavy (non-hydrogen) atoms. The predicted octanol–water partition coefficient (Wildman–Crippen LogP) is 3.62. The molecule has 1 unspecified atom stereocenters. The van der Waals surface area contributed by atoms with Gasteiger partial charge in [0.25, 0.3) is 0 Å². The van der Waals surface area contributed by atoms with E-state index in [1.807, 2.05) is 30.3 Å². The van der Waals surface area contributed by atoms with Gasteiger partial charge in [0, 0.05) is 5.39 Å². The van der Waals surface area contributed by atoms with Crippen LogP contribution in [0.25, 0.3) is 10.8 Å². The topological polar surface area (TPSA) is 58.6 Å². The first kappa shape index (κ1) is 13.5. The van der Waals surface area contributed by atoms with Crippen LogP contribution in [-0.2, 0) is 11.3 Å². The van der Waals surface area contributed by atoms with Crippen LogP contribution in [-0.4, -0.2) is 9.32 Å². The molecule has 3 aromatic carbocycles. The second kappa shape index (κ2) is 5.85. The zero-order chi connectivity index (χ0) is 14.7. The van der Waals surface area contributed by atoms with Gasteiger partial charge >= 0.3 is 11.3 Å². The molecule has 0 heterocycles. The van der Waals surface area contributed by atoms with E-state index in [0.717, 1.165) is 5.39 Å². The Labute approximate surface area is 124 Å². The third kappa shape index (κ3) is 2.98. The Morgan fingerprint density at radius 2 is 1.62 bits per heavy atom. The largest absolute Gasteiger partial charge is 0.505 e. The van der Waals surface area contributed by atoms with Crippen LogP contribution >= 0.6 is 0 Å². The Bertz CT molecular complexity index is 790. The van der Waals surface area contributed by atoms with Crippen LogP contribution in [0.4, 0.5) is 5.69 Å². The highest BCUT2D eigenvalue weighted by Gasteiger charge is 2.09. The van der Waals surface area contributed by atoms with Gasteiger partial charge in [-0.1, -0.05) is 48.5 Å². The molecule has 2 N–H and O–H groups in total. The van der Waals surface area contributed by atoms with E-state index in [1.54, 1.807) is 36.4 Å². The molecular weight excluding hydrogens is 286 g/mol. The molecule has 0 radical (unpaired) electrons. The van der Waals surface area contributed by atoms with Gasteiger partial charge in [0.15, 0.2) is 0 Å². The van der Waals surface area contributed by atoms with Gasteiger partial charge in [-0.05, 0) is 23.6 Å². The number of hydrogen-bond donors (Lipinski definition) is 2. The lowest BCUT2D eigenvalue weighted by molar-refractivity contribution is 0.483. The van der Waals surface area contributed by atoms with Gasteiger partial charge in [-0.3, -0.25) is 4.72 Å². The maximum absolute atomic E-state index is 11.9. The Hall–Kier alpha value is -2.53. The fraction of sp³-hybridized carbons (Fsp3) is 0. The molecule has 0 aliphatic carbocycles. The van der Waals surface area contributed by atoms with Crippen LogP contribution in [0.15, 0.2) is 66.7 Å². The number of anilines is 1. The number of rotatable bonds is 4. The maximum Gasteiger partial charge on any atom is 0.316 e. The zero-order valence-electron chi connectivity index (χ0n) is 11.0. The van der Waals surface area contributed by atoms with Crippen molar-refractivity contribution in [2.45, 2.75) is 0 Å². The van der Waals surface area contributed by atoms with Crippen molar-refractivity contribution in [3.8, 4) is 11.5 Å². The molecule has 5 heteroatoms. The predicted molar refractivity (Wildman–Crippen MR) is 84.4 cm³/mol. The second-order valence-corrected chi connectivity index (χ2v) is 5.26. The zero-order valence-corrected chi connectivity index (χ0v) is 11.8. The lowest BCUT2D eigenvalue weighted by atomic mass is 10.1. The summed E-state index contributed by atoms with van der Waals surface area (Å²) in [5.41, 5.74) is 0.364. The third-order valence-corrected chi connectivity index (χ3v) is 3.74. The molecule has 3 rings (SSSR count). The van der Waals surface area contributed by atoms with E-state index in [9.17, 15) is 9.32 Å². The van der Waals surface area contributed by atoms with Gasteiger partial charge in [0.2, 0.25) is 0 Å². The average molecular weight is 299 g/mol. The first-order chi connectivity index (χ1) is 10.2. The fourth-order valence-electron chi connectivity index (χ4n) is 2.01. The summed E-state index contributed by atoms with van der Waals surface area (Å²) < 4.78 is 19.8. The lowest BCUT2D eigenvalue weighted by Crippen LogP contribution is -2.11. The number of phenols is 1. The van der Waals surface area contributed by atoms with Crippen molar-refractivity contribution >= 4 is 27.7 Å². The van der Waals surface area contributed by atoms with Crippen molar-refractivity contribution in [1.82, 2.24) is 0 Å². The minimum atomic E-state index is -1.79. The number of aromatic hydroxyl groups is 1. The summed E-state index contributed by atoms with van der Waals surface area (Å²) >= 11 is -1.79. The van der Waals surface area contributed by atoms with Gasteiger partial charge in [0.1, 0.15) is 11.5 Å². The van der Waals surface area contributed by atoms with E-state index >= 15 is 0 Å².